The lowest BCUT2D eigenvalue weighted by Crippen LogP contribution is -2.22. The monoisotopic (exact) mass is 355 g/mol. The maximum Gasteiger partial charge on any atom is 0.251 e. The molecule has 1 aromatic heterocycles. The molecule has 1 N–H and O–H groups in total. The molecule has 1 heterocycles. The van der Waals surface area contributed by atoms with E-state index < -0.39 is 0 Å². The number of methoxy groups -OCH3 is 2. The Bertz CT molecular complexity index is 826. The molecule has 3 aromatic rings. The Kier molecular flexibility index (Phi) is 5.25. The lowest BCUT2D eigenvalue weighted by molar-refractivity contribution is 0.0950. The Labute approximate surface area is 149 Å². The van der Waals surface area contributed by atoms with Gasteiger partial charge < -0.3 is 14.8 Å². The molecule has 1 amide bonds. The van der Waals surface area contributed by atoms with E-state index in [1.165, 1.54) is 11.5 Å². The van der Waals surface area contributed by atoms with Crippen LogP contribution >= 0.6 is 11.5 Å². The minimum absolute atomic E-state index is 0.190. The third kappa shape index (κ3) is 4.13. The van der Waals surface area contributed by atoms with Crippen LogP contribution in [0.5, 0.6) is 11.5 Å². The summed E-state index contributed by atoms with van der Waals surface area (Å²) in [5.41, 5.74) is 3.34. The average molecular weight is 355 g/mol. The SMILES string of the molecule is COc1cc(OC)cc(C(=O)NCc2ccc(-c3csnn3)cc2)c1. The van der Waals surface area contributed by atoms with Crippen LogP contribution in [-0.2, 0) is 6.54 Å². The van der Waals surface area contributed by atoms with Gasteiger partial charge in [0.25, 0.3) is 5.91 Å². The fraction of sp³-hybridized carbons (Fsp3) is 0.167. The molecule has 0 radical (unpaired) electrons. The second-order valence-electron chi connectivity index (χ2n) is 5.27. The van der Waals surface area contributed by atoms with Gasteiger partial charge in [-0.25, -0.2) is 0 Å². The summed E-state index contributed by atoms with van der Waals surface area (Å²) in [4.78, 5) is 12.4. The molecule has 25 heavy (non-hydrogen) atoms. The Hall–Kier alpha value is -2.93. The maximum absolute atomic E-state index is 12.4. The van der Waals surface area contributed by atoms with Crippen LogP contribution in [0.2, 0.25) is 0 Å². The molecule has 0 spiro atoms. The van der Waals surface area contributed by atoms with E-state index in [9.17, 15) is 4.79 Å². The van der Waals surface area contributed by atoms with Crippen LogP contribution in [0.3, 0.4) is 0 Å². The third-order valence-electron chi connectivity index (χ3n) is 3.68. The van der Waals surface area contributed by atoms with Gasteiger partial charge in [-0.1, -0.05) is 28.8 Å². The zero-order valence-corrected chi connectivity index (χ0v) is 14.7. The summed E-state index contributed by atoms with van der Waals surface area (Å²) in [5, 5.41) is 8.83. The lowest BCUT2D eigenvalue weighted by Gasteiger charge is -2.09. The first-order chi connectivity index (χ1) is 12.2. The van der Waals surface area contributed by atoms with Gasteiger partial charge in [0.2, 0.25) is 0 Å². The minimum Gasteiger partial charge on any atom is -0.497 e. The van der Waals surface area contributed by atoms with Crippen molar-refractivity contribution in [3.05, 3.63) is 59.0 Å². The number of benzene rings is 2. The second-order valence-corrected chi connectivity index (χ2v) is 5.88. The van der Waals surface area contributed by atoms with Crippen LogP contribution < -0.4 is 14.8 Å². The summed E-state index contributed by atoms with van der Waals surface area (Å²) < 4.78 is 14.2. The molecule has 0 aliphatic rings. The molecule has 3 rings (SSSR count). The summed E-state index contributed by atoms with van der Waals surface area (Å²) in [6, 6.07) is 12.9. The Balaban J connectivity index is 1.66. The molecule has 0 aliphatic carbocycles. The van der Waals surface area contributed by atoms with E-state index in [-0.39, 0.29) is 5.91 Å². The van der Waals surface area contributed by atoms with Gasteiger partial charge in [-0.2, -0.15) is 0 Å². The quantitative estimate of drug-likeness (QED) is 0.735. The van der Waals surface area contributed by atoms with E-state index in [0.29, 0.717) is 23.6 Å². The average Bonchev–Trinajstić information content (AvgIpc) is 3.20. The molecule has 0 fully saturated rings. The predicted molar refractivity (Wildman–Crippen MR) is 96.1 cm³/mol. The van der Waals surface area contributed by atoms with Gasteiger partial charge in [0.05, 0.1) is 14.2 Å². The number of ether oxygens (including phenoxy) is 2. The van der Waals surface area contributed by atoms with Gasteiger partial charge in [-0.05, 0) is 29.2 Å². The smallest absolute Gasteiger partial charge is 0.251 e. The summed E-state index contributed by atoms with van der Waals surface area (Å²) in [6.07, 6.45) is 0. The number of hydrogen-bond acceptors (Lipinski definition) is 6. The second kappa shape index (κ2) is 7.76. The standard InChI is InChI=1S/C18H17N3O3S/c1-23-15-7-14(8-16(9-15)24-2)18(22)19-10-12-3-5-13(6-4-12)17-11-25-21-20-17/h3-9,11H,10H2,1-2H3,(H,19,22). The summed E-state index contributed by atoms with van der Waals surface area (Å²) in [5.74, 6) is 0.960. The van der Waals surface area contributed by atoms with Gasteiger partial charge in [0.15, 0.2) is 0 Å². The van der Waals surface area contributed by atoms with Crippen LogP contribution in [0.15, 0.2) is 47.8 Å². The van der Waals surface area contributed by atoms with Crippen LogP contribution in [0.25, 0.3) is 11.3 Å². The number of carbonyl (C=O) groups is 1. The van der Waals surface area contributed by atoms with Gasteiger partial charge in [0, 0.05) is 29.1 Å². The van der Waals surface area contributed by atoms with Gasteiger partial charge in [-0.3, -0.25) is 4.79 Å². The highest BCUT2D eigenvalue weighted by Gasteiger charge is 2.10. The van der Waals surface area contributed by atoms with Gasteiger partial charge in [0.1, 0.15) is 17.2 Å². The van der Waals surface area contributed by atoms with Crippen LogP contribution in [0.1, 0.15) is 15.9 Å². The van der Waals surface area contributed by atoms with E-state index in [1.807, 2.05) is 29.6 Å². The van der Waals surface area contributed by atoms with Crippen molar-refractivity contribution in [2.75, 3.05) is 14.2 Å². The van der Waals surface area contributed by atoms with Crippen molar-refractivity contribution in [1.29, 1.82) is 0 Å². The van der Waals surface area contributed by atoms with Crippen molar-refractivity contribution in [3.8, 4) is 22.8 Å². The molecule has 0 unspecified atom stereocenters. The molecule has 6 nitrogen and oxygen atoms in total. The van der Waals surface area contributed by atoms with E-state index in [2.05, 4.69) is 14.9 Å². The number of amides is 1. The first-order valence-corrected chi connectivity index (χ1v) is 8.41. The number of aromatic nitrogens is 2. The van der Waals surface area contributed by atoms with Crippen molar-refractivity contribution in [3.63, 3.8) is 0 Å². The van der Waals surface area contributed by atoms with Crippen molar-refractivity contribution >= 4 is 17.4 Å². The van der Waals surface area contributed by atoms with Crippen molar-refractivity contribution in [2.45, 2.75) is 6.54 Å². The summed E-state index contributed by atoms with van der Waals surface area (Å²) in [7, 11) is 3.10. The van der Waals surface area contributed by atoms with Gasteiger partial charge >= 0.3 is 0 Å². The maximum atomic E-state index is 12.4. The third-order valence-corrected chi connectivity index (χ3v) is 4.18. The Morgan fingerprint density at radius 2 is 1.76 bits per heavy atom. The molecule has 0 aliphatic heterocycles. The topological polar surface area (TPSA) is 73.3 Å². The predicted octanol–water partition coefficient (Wildman–Crippen LogP) is 3.15. The molecular weight excluding hydrogens is 338 g/mol. The van der Waals surface area contributed by atoms with Gasteiger partial charge in [-0.15, -0.1) is 5.10 Å². The largest absolute Gasteiger partial charge is 0.497 e. The number of nitrogens with zero attached hydrogens (tertiary/aromatic N) is 2. The molecule has 0 saturated carbocycles. The van der Waals surface area contributed by atoms with E-state index in [0.717, 1.165) is 16.8 Å². The first-order valence-electron chi connectivity index (χ1n) is 7.57. The molecule has 128 valence electrons. The highest BCUT2D eigenvalue weighted by molar-refractivity contribution is 7.03. The van der Waals surface area contributed by atoms with E-state index >= 15 is 0 Å². The number of carbonyl (C=O) groups excluding carboxylic acids is 1. The van der Waals surface area contributed by atoms with Crippen LogP contribution in [0, 0.1) is 0 Å². The zero-order valence-electron chi connectivity index (χ0n) is 13.9. The minimum atomic E-state index is -0.190. The lowest BCUT2D eigenvalue weighted by atomic mass is 10.1. The number of nitrogens with one attached hydrogen (secondary N) is 1. The summed E-state index contributed by atoms with van der Waals surface area (Å²) >= 11 is 1.32. The molecule has 0 saturated heterocycles. The van der Waals surface area contributed by atoms with Crippen molar-refractivity contribution < 1.29 is 14.3 Å². The Morgan fingerprint density at radius 1 is 1.08 bits per heavy atom. The fourth-order valence-corrected chi connectivity index (χ4v) is 2.77. The Morgan fingerprint density at radius 3 is 2.32 bits per heavy atom. The zero-order chi connectivity index (χ0) is 17.6. The fourth-order valence-electron chi connectivity index (χ4n) is 2.31. The van der Waals surface area contributed by atoms with Crippen molar-refractivity contribution in [2.24, 2.45) is 0 Å². The molecule has 0 atom stereocenters. The number of hydrogen-bond donors (Lipinski definition) is 1. The normalized spacial score (nSPS) is 10.3. The van der Waals surface area contributed by atoms with E-state index in [4.69, 9.17) is 9.47 Å². The van der Waals surface area contributed by atoms with E-state index in [1.54, 1.807) is 32.4 Å². The number of rotatable bonds is 6. The molecular formula is C18H17N3O3S. The highest BCUT2D eigenvalue weighted by Crippen LogP contribution is 2.22. The van der Waals surface area contributed by atoms with Crippen LogP contribution in [0.4, 0.5) is 0 Å². The van der Waals surface area contributed by atoms with Crippen LogP contribution in [-0.4, -0.2) is 29.7 Å². The summed E-state index contributed by atoms with van der Waals surface area (Å²) in [6.45, 7) is 0.425. The first kappa shape index (κ1) is 16.9. The van der Waals surface area contributed by atoms with Crippen molar-refractivity contribution in [1.82, 2.24) is 14.9 Å². The molecule has 7 heteroatoms. The molecule has 2 aromatic carbocycles. The molecule has 0 bridgehead atoms. The highest BCUT2D eigenvalue weighted by atomic mass is 32.1.